The maximum absolute atomic E-state index is 14.9. The van der Waals surface area contributed by atoms with Gasteiger partial charge in [-0.05, 0) is 74.0 Å². The predicted octanol–water partition coefficient (Wildman–Crippen LogP) is 3.30. The quantitative estimate of drug-likeness (QED) is 0.111. The molecule has 0 amide bonds. The van der Waals surface area contributed by atoms with Gasteiger partial charge in [-0.3, -0.25) is 9.59 Å². The molecule has 2 fully saturated rings. The highest BCUT2D eigenvalue weighted by atomic mass is 19.1. The molecule has 0 radical (unpaired) electrons. The number of ether oxygens (including phenoxy) is 3. The monoisotopic (exact) mass is 864 g/mol. The van der Waals surface area contributed by atoms with Crippen LogP contribution in [0.3, 0.4) is 0 Å². The second-order valence-corrected chi connectivity index (χ2v) is 14.8. The molecule has 21 heteroatoms. The Kier molecular flexibility index (Phi) is 14.0. The van der Waals surface area contributed by atoms with Gasteiger partial charge in [-0.25, -0.2) is 37.3 Å². The molecule has 3 atom stereocenters. The van der Waals surface area contributed by atoms with Crippen LogP contribution in [-0.4, -0.2) is 119 Å². The highest BCUT2D eigenvalue weighted by Gasteiger charge is 2.46. The smallest absolute Gasteiger partial charge is 0.350 e. The van der Waals surface area contributed by atoms with Crippen LogP contribution in [0.4, 0.5) is 20.2 Å². The number of aliphatic hydroxyl groups is 1. The molecule has 7 rings (SSSR count). The van der Waals surface area contributed by atoms with E-state index in [9.17, 15) is 28.0 Å². The van der Waals surface area contributed by atoms with Crippen LogP contribution in [0.15, 0.2) is 90.5 Å². The van der Waals surface area contributed by atoms with Gasteiger partial charge < -0.3 is 44.4 Å². The Morgan fingerprint density at radius 1 is 0.887 bits per heavy atom. The number of nitrogens with zero attached hydrogens (tertiary/aromatic N) is 8. The van der Waals surface area contributed by atoms with E-state index in [1.807, 2.05) is 50.2 Å². The largest absolute Gasteiger partial charge is 0.491 e. The molecule has 4 N–H and O–H groups in total. The molecule has 62 heavy (non-hydrogen) atoms. The number of hydrogen-bond acceptors (Lipinski definition) is 13. The number of carbonyl (C=O) groups is 3. The minimum absolute atomic E-state index is 0.0334. The molecule has 4 heterocycles. The molecule has 0 bridgehead atoms. The molecule has 2 aliphatic heterocycles. The molecule has 330 valence electrons. The molecule has 0 saturated carbocycles. The van der Waals surface area contributed by atoms with Crippen molar-refractivity contribution in [2.24, 2.45) is 0 Å². The second kappa shape index (κ2) is 19.3. The van der Waals surface area contributed by atoms with Crippen molar-refractivity contribution in [2.45, 2.75) is 63.2 Å². The van der Waals surface area contributed by atoms with E-state index in [1.54, 1.807) is 10.9 Å². The van der Waals surface area contributed by atoms with Crippen LogP contribution >= 0.6 is 0 Å². The minimum Gasteiger partial charge on any atom is -0.491 e. The van der Waals surface area contributed by atoms with E-state index >= 15 is 0 Å². The minimum atomic E-state index is -2.74. The van der Waals surface area contributed by atoms with Gasteiger partial charge in [0.2, 0.25) is 5.79 Å². The van der Waals surface area contributed by atoms with Crippen molar-refractivity contribution in [3.8, 4) is 11.4 Å². The summed E-state index contributed by atoms with van der Waals surface area (Å²) in [6.07, 6.45) is 2.48. The number of benzene rings is 3. The van der Waals surface area contributed by atoms with E-state index in [-0.39, 0.29) is 37.1 Å². The summed E-state index contributed by atoms with van der Waals surface area (Å²) < 4.78 is 51.4. The zero-order valence-electron chi connectivity index (χ0n) is 33.8. The maximum atomic E-state index is 14.9. The lowest BCUT2D eigenvalue weighted by atomic mass is 9.96. The Balaban J connectivity index is 0.000000428. The van der Waals surface area contributed by atoms with Crippen molar-refractivity contribution < 1.29 is 57.8 Å². The van der Waals surface area contributed by atoms with E-state index in [1.165, 1.54) is 34.2 Å². The Hall–Kier alpha value is -6.71. The van der Waals surface area contributed by atoms with Gasteiger partial charge in [-0.1, -0.05) is 6.92 Å². The average Bonchev–Trinajstić information content (AvgIpc) is 4.01. The number of anilines is 2. The van der Waals surface area contributed by atoms with Gasteiger partial charge in [-0.15, -0.1) is 0 Å². The predicted molar refractivity (Wildman–Crippen MR) is 215 cm³/mol. The van der Waals surface area contributed by atoms with Crippen LogP contribution in [0.5, 0.6) is 5.75 Å². The van der Waals surface area contributed by atoms with Crippen LogP contribution in [0.25, 0.3) is 5.69 Å². The average molecular weight is 865 g/mol. The lowest BCUT2D eigenvalue weighted by molar-refractivity contribution is -0.192. The number of hydrogen-bond donors (Lipinski definition) is 4. The molecule has 2 aliphatic rings. The fraction of sp³-hybridized carbons (Fsp3) is 0.390. The topological polar surface area (TPSA) is 237 Å². The van der Waals surface area contributed by atoms with Crippen molar-refractivity contribution >= 4 is 29.3 Å². The van der Waals surface area contributed by atoms with Crippen LogP contribution < -0.4 is 20.2 Å². The fourth-order valence-corrected chi connectivity index (χ4v) is 6.95. The van der Waals surface area contributed by atoms with Crippen LogP contribution in [-0.2, 0) is 36.2 Å². The first-order chi connectivity index (χ1) is 29.6. The number of aromatic nitrogens is 6. The summed E-state index contributed by atoms with van der Waals surface area (Å²) in [5, 5.41) is 42.2. The van der Waals surface area contributed by atoms with E-state index in [0.717, 1.165) is 55.7 Å². The molecule has 5 aromatic rings. The normalized spacial score (nSPS) is 18.2. The number of piperazine rings is 1. The second-order valence-electron chi connectivity index (χ2n) is 14.8. The van der Waals surface area contributed by atoms with Crippen LogP contribution in [0, 0.1) is 11.6 Å². The third-order valence-electron chi connectivity index (χ3n) is 10.4. The molecule has 0 aliphatic carbocycles. The lowest BCUT2D eigenvalue weighted by Crippen LogP contribution is -2.46. The molecule has 0 spiro atoms. The number of halogens is 2. The first kappa shape index (κ1) is 44.8. The standard InChI is InChI=1S/C35H38F2N8O4.C6H8O7/c1-3-25(2)45-34(46)44(24-40-45)29-7-5-27(6-8-29)41-14-16-42(17-15-41)28-9-11-30(12-10-28)47-19-31-20-48-35(49-31,21-43-23-38-22-39-43)32-13-4-26(36)18-33(32)37;7-3(8)1-6(13,5(11)12)2-4(9)10/h4-13,18,22-25,31H,3,14-17,19-21H2,1-2H3;13H,1-2H2,(H,7,8)(H,9,10)(H,11,12)/t25?,31-,35-;/m0./s1. The highest BCUT2D eigenvalue weighted by molar-refractivity contribution is 5.88. The summed E-state index contributed by atoms with van der Waals surface area (Å²) in [5.41, 5.74) is 0.212. The Morgan fingerprint density at radius 3 is 2.02 bits per heavy atom. The molecular weight excluding hydrogens is 818 g/mol. The van der Waals surface area contributed by atoms with Crippen molar-refractivity contribution in [3.05, 3.63) is 113 Å². The third-order valence-corrected chi connectivity index (χ3v) is 10.4. The summed E-state index contributed by atoms with van der Waals surface area (Å²) in [4.78, 5) is 51.9. The first-order valence-electron chi connectivity index (χ1n) is 19.6. The SMILES string of the molecule is CCC(C)n1ncn(-c2ccc(N3CCN(c4ccc(OC[C@H]5CO[C@](Cn6cncn6)(c6ccc(F)cc6F)O5)cc4)CC3)cc2)c1=O.O=C(O)CC(O)(CC(=O)O)C(=O)O. The van der Waals surface area contributed by atoms with Gasteiger partial charge in [0.1, 0.15) is 55.6 Å². The Morgan fingerprint density at radius 2 is 1.48 bits per heavy atom. The van der Waals surface area contributed by atoms with Gasteiger partial charge in [-0.2, -0.15) is 10.2 Å². The van der Waals surface area contributed by atoms with E-state index in [4.69, 9.17) is 34.6 Å². The third kappa shape index (κ3) is 10.6. The van der Waals surface area contributed by atoms with Crippen molar-refractivity contribution in [1.29, 1.82) is 0 Å². The summed E-state index contributed by atoms with van der Waals surface area (Å²) in [6, 6.07) is 19.3. The molecular formula is C41H46F2N8O11. The zero-order valence-corrected chi connectivity index (χ0v) is 33.8. The number of aliphatic carboxylic acids is 3. The van der Waals surface area contributed by atoms with E-state index in [2.05, 4.69) is 37.1 Å². The number of rotatable bonds is 16. The van der Waals surface area contributed by atoms with Crippen LogP contribution in [0.2, 0.25) is 0 Å². The van der Waals surface area contributed by atoms with Crippen LogP contribution in [0.1, 0.15) is 44.7 Å². The van der Waals surface area contributed by atoms with Gasteiger partial charge >= 0.3 is 23.6 Å². The van der Waals surface area contributed by atoms with E-state index < -0.39 is 59.9 Å². The zero-order chi connectivity index (χ0) is 44.6. The molecule has 2 aromatic heterocycles. The van der Waals surface area contributed by atoms with Crippen molar-refractivity contribution in [1.82, 2.24) is 29.1 Å². The van der Waals surface area contributed by atoms with Gasteiger partial charge in [0.05, 0.1) is 31.2 Å². The highest BCUT2D eigenvalue weighted by Crippen LogP contribution is 2.38. The summed E-state index contributed by atoms with van der Waals surface area (Å²) in [6.45, 7) is 7.80. The van der Waals surface area contributed by atoms with Gasteiger partial charge in [0.15, 0.2) is 5.60 Å². The van der Waals surface area contributed by atoms with Gasteiger partial charge in [0.25, 0.3) is 0 Å². The Labute approximate surface area is 352 Å². The number of carboxylic acids is 3. The lowest BCUT2D eigenvalue weighted by Gasteiger charge is -2.37. The maximum Gasteiger partial charge on any atom is 0.350 e. The Bertz CT molecular complexity index is 2350. The molecule has 3 aromatic carbocycles. The van der Waals surface area contributed by atoms with Gasteiger partial charge in [0, 0.05) is 49.2 Å². The van der Waals surface area contributed by atoms with Crippen molar-refractivity contribution in [2.75, 3.05) is 49.2 Å². The molecule has 19 nitrogen and oxygen atoms in total. The van der Waals surface area contributed by atoms with Crippen molar-refractivity contribution in [3.63, 3.8) is 0 Å². The fourth-order valence-electron chi connectivity index (χ4n) is 6.95. The summed E-state index contributed by atoms with van der Waals surface area (Å²) in [5.74, 6) is -7.32. The van der Waals surface area contributed by atoms with E-state index in [0.29, 0.717) is 5.75 Å². The first-order valence-corrected chi connectivity index (χ1v) is 19.6. The summed E-state index contributed by atoms with van der Waals surface area (Å²) in [7, 11) is 0. The molecule has 1 unspecified atom stereocenters. The summed E-state index contributed by atoms with van der Waals surface area (Å²) >= 11 is 0. The number of carboxylic acid groups (broad SMARTS) is 3. The molecule has 2 saturated heterocycles.